The number of unbranched alkanes of at least 4 members (excludes halogenated alkanes) is 2. The van der Waals surface area contributed by atoms with E-state index in [1.165, 1.54) is 0 Å². The van der Waals surface area contributed by atoms with Crippen molar-refractivity contribution in [3.63, 3.8) is 0 Å². The Balaban J connectivity index is 1.43. The minimum atomic E-state index is -0.987. The van der Waals surface area contributed by atoms with Gasteiger partial charge in [0.1, 0.15) is 30.5 Å². The first-order chi connectivity index (χ1) is 14.7. The highest BCUT2D eigenvalue weighted by molar-refractivity contribution is 5.76. The van der Waals surface area contributed by atoms with Crippen molar-refractivity contribution >= 4 is 5.91 Å². The molecular formula is C22H31NO7. The van der Waals surface area contributed by atoms with Crippen LogP contribution in [0.1, 0.15) is 44.5 Å². The Labute approximate surface area is 176 Å². The SMILES string of the molecule is CCCCCC(=O)N[C@H]1[C@H](OC[C@H]2CO2)O[C@@H]2CO[C@@H](c3ccccc3)O[C@H]2[C@@H]1O. The van der Waals surface area contributed by atoms with Gasteiger partial charge in [0.15, 0.2) is 12.6 Å². The molecule has 3 aliphatic rings. The van der Waals surface area contributed by atoms with Crippen LogP contribution in [0.4, 0.5) is 0 Å². The van der Waals surface area contributed by atoms with Crippen LogP contribution in [0.2, 0.25) is 0 Å². The van der Waals surface area contributed by atoms with Crippen molar-refractivity contribution in [3.05, 3.63) is 35.9 Å². The molecule has 0 spiro atoms. The van der Waals surface area contributed by atoms with Gasteiger partial charge in [0.25, 0.3) is 0 Å². The second-order valence-electron chi connectivity index (χ2n) is 8.05. The van der Waals surface area contributed by atoms with Gasteiger partial charge in [-0.3, -0.25) is 4.79 Å². The molecule has 3 aliphatic heterocycles. The topological polar surface area (TPSA) is 98.8 Å². The van der Waals surface area contributed by atoms with Crippen LogP contribution in [0.3, 0.4) is 0 Å². The summed E-state index contributed by atoms with van der Waals surface area (Å²) in [5.74, 6) is -0.127. The largest absolute Gasteiger partial charge is 0.388 e. The van der Waals surface area contributed by atoms with Gasteiger partial charge in [-0.25, -0.2) is 0 Å². The number of ether oxygens (including phenoxy) is 5. The molecule has 30 heavy (non-hydrogen) atoms. The lowest BCUT2D eigenvalue weighted by Crippen LogP contribution is -2.66. The number of epoxide rings is 1. The maximum Gasteiger partial charge on any atom is 0.220 e. The van der Waals surface area contributed by atoms with Gasteiger partial charge < -0.3 is 34.1 Å². The molecule has 0 radical (unpaired) electrons. The third-order valence-electron chi connectivity index (χ3n) is 5.62. The second kappa shape index (κ2) is 10.2. The predicted molar refractivity (Wildman–Crippen MR) is 106 cm³/mol. The molecule has 166 valence electrons. The van der Waals surface area contributed by atoms with Gasteiger partial charge in [0, 0.05) is 12.0 Å². The van der Waals surface area contributed by atoms with Gasteiger partial charge in [-0.2, -0.15) is 0 Å². The summed E-state index contributed by atoms with van der Waals surface area (Å²) in [7, 11) is 0. The molecule has 8 nitrogen and oxygen atoms in total. The lowest BCUT2D eigenvalue weighted by Gasteiger charge is -2.47. The van der Waals surface area contributed by atoms with Crippen LogP contribution in [-0.4, -0.2) is 67.6 Å². The number of carbonyl (C=O) groups excluding carboxylic acids is 1. The van der Waals surface area contributed by atoms with Gasteiger partial charge in [0.05, 0.1) is 19.8 Å². The number of carbonyl (C=O) groups is 1. The fourth-order valence-corrected chi connectivity index (χ4v) is 3.83. The Morgan fingerprint density at radius 1 is 1.17 bits per heavy atom. The molecule has 4 rings (SSSR count). The summed E-state index contributed by atoms with van der Waals surface area (Å²) >= 11 is 0. The van der Waals surface area contributed by atoms with E-state index in [9.17, 15) is 9.90 Å². The van der Waals surface area contributed by atoms with Gasteiger partial charge in [-0.05, 0) is 6.42 Å². The summed E-state index contributed by atoms with van der Waals surface area (Å²) in [5, 5.41) is 14.0. The average Bonchev–Trinajstić information content (AvgIpc) is 3.60. The first-order valence-electron chi connectivity index (χ1n) is 10.8. The molecular weight excluding hydrogens is 390 g/mol. The van der Waals surface area contributed by atoms with Gasteiger partial charge in [-0.1, -0.05) is 50.1 Å². The highest BCUT2D eigenvalue weighted by atomic mass is 16.7. The lowest BCUT2D eigenvalue weighted by molar-refractivity contribution is -0.344. The van der Waals surface area contributed by atoms with E-state index < -0.39 is 36.9 Å². The molecule has 1 aromatic rings. The quantitative estimate of drug-likeness (QED) is 0.462. The standard InChI is InChI=1S/C22H31NO7/c1-2-3-5-10-17(24)23-18-19(25)20-16(29-22(18)27-12-15-11-26-15)13-28-21(30-20)14-8-6-4-7-9-14/h4,6-9,15-16,18-22,25H,2-3,5,10-13H2,1H3,(H,23,24)/t15-,16-,18-,19-,20-,21-,22-/m1/s1. The zero-order valence-electron chi connectivity index (χ0n) is 17.3. The minimum absolute atomic E-state index is 0.0469. The smallest absolute Gasteiger partial charge is 0.220 e. The summed E-state index contributed by atoms with van der Waals surface area (Å²) in [5.41, 5.74) is 0.868. The molecule has 0 bridgehead atoms. The molecule has 0 aromatic heterocycles. The molecule has 0 saturated carbocycles. The van der Waals surface area contributed by atoms with Gasteiger partial charge in [0.2, 0.25) is 5.91 Å². The molecule has 0 aliphatic carbocycles. The van der Waals surface area contributed by atoms with Crippen molar-refractivity contribution in [3.8, 4) is 0 Å². The Morgan fingerprint density at radius 2 is 1.97 bits per heavy atom. The van der Waals surface area contributed by atoms with E-state index in [0.29, 0.717) is 19.6 Å². The Hall–Kier alpha value is -1.55. The van der Waals surface area contributed by atoms with Crippen LogP contribution in [0.15, 0.2) is 30.3 Å². The predicted octanol–water partition coefficient (Wildman–Crippen LogP) is 1.67. The highest BCUT2D eigenvalue weighted by Gasteiger charge is 2.50. The Morgan fingerprint density at radius 3 is 2.70 bits per heavy atom. The average molecular weight is 421 g/mol. The molecule has 0 unspecified atom stereocenters. The van der Waals surface area contributed by atoms with E-state index >= 15 is 0 Å². The van der Waals surface area contributed by atoms with Crippen LogP contribution in [-0.2, 0) is 28.5 Å². The highest BCUT2D eigenvalue weighted by Crippen LogP contribution is 2.34. The minimum Gasteiger partial charge on any atom is -0.388 e. The van der Waals surface area contributed by atoms with E-state index in [1.54, 1.807) is 0 Å². The molecule has 3 saturated heterocycles. The Kier molecular flexibility index (Phi) is 7.35. The molecule has 2 N–H and O–H groups in total. The van der Waals surface area contributed by atoms with Crippen molar-refractivity contribution in [2.24, 2.45) is 0 Å². The van der Waals surface area contributed by atoms with E-state index in [4.69, 9.17) is 23.7 Å². The number of hydrogen-bond donors (Lipinski definition) is 2. The number of nitrogens with one attached hydrogen (secondary N) is 1. The normalized spacial score (nSPS) is 35.5. The van der Waals surface area contributed by atoms with Crippen LogP contribution in [0.25, 0.3) is 0 Å². The molecule has 8 heteroatoms. The molecule has 3 heterocycles. The number of benzene rings is 1. The zero-order chi connectivity index (χ0) is 20.9. The number of amides is 1. The number of rotatable bonds is 9. The number of aliphatic hydroxyl groups is 1. The van der Waals surface area contributed by atoms with E-state index in [2.05, 4.69) is 12.2 Å². The van der Waals surface area contributed by atoms with E-state index in [1.807, 2.05) is 30.3 Å². The first-order valence-corrected chi connectivity index (χ1v) is 10.8. The fraction of sp³-hybridized carbons (Fsp3) is 0.682. The van der Waals surface area contributed by atoms with Crippen molar-refractivity contribution in [1.82, 2.24) is 5.32 Å². The summed E-state index contributed by atoms with van der Waals surface area (Å²) < 4.78 is 29.0. The molecule has 7 atom stereocenters. The van der Waals surface area contributed by atoms with E-state index in [0.717, 1.165) is 24.8 Å². The third kappa shape index (κ3) is 5.38. The number of hydrogen-bond acceptors (Lipinski definition) is 7. The van der Waals surface area contributed by atoms with Crippen LogP contribution in [0.5, 0.6) is 0 Å². The van der Waals surface area contributed by atoms with Crippen LogP contribution in [0, 0.1) is 0 Å². The van der Waals surface area contributed by atoms with Crippen LogP contribution >= 0.6 is 0 Å². The monoisotopic (exact) mass is 421 g/mol. The van der Waals surface area contributed by atoms with Gasteiger partial charge in [-0.15, -0.1) is 0 Å². The van der Waals surface area contributed by atoms with Crippen LogP contribution < -0.4 is 5.32 Å². The fourth-order valence-electron chi connectivity index (χ4n) is 3.83. The second-order valence-corrected chi connectivity index (χ2v) is 8.05. The molecule has 1 aromatic carbocycles. The Bertz CT molecular complexity index is 683. The first kappa shape index (κ1) is 21.7. The van der Waals surface area contributed by atoms with Crippen molar-refractivity contribution in [2.75, 3.05) is 19.8 Å². The van der Waals surface area contributed by atoms with E-state index in [-0.39, 0.29) is 18.6 Å². The van der Waals surface area contributed by atoms with Crippen molar-refractivity contribution in [1.29, 1.82) is 0 Å². The maximum atomic E-state index is 12.5. The summed E-state index contributed by atoms with van der Waals surface area (Å²) in [6.45, 7) is 3.36. The summed E-state index contributed by atoms with van der Waals surface area (Å²) in [6, 6.07) is 8.83. The lowest BCUT2D eigenvalue weighted by atomic mass is 9.95. The zero-order valence-corrected chi connectivity index (χ0v) is 17.3. The van der Waals surface area contributed by atoms with Crippen molar-refractivity contribution < 1.29 is 33.6 Å². The van der Waals surface area contributed by atoms with Gasteiger partial charge >= 0.3 is 0 Å². The number of fused-ring (bicyclic) bond motifs is 1. The third-order valence-corrected chi connectivity index (χ3v) is 5.62. The summed E-state index contributed by atoms with van der Waals surface area (Å²) in [6.07, 6.45) is -0.219. The molecule has 1 amide bonds. The number of aliphatic hydroxyl groups excluding tert-OH is 1. The summed E-state index contributed by atoms with van der Waals surface area (Å²) in [4.78, 5) is 12.5. The maximum absolute atomic E-state index is 12.5. The van der Waals surface area contributed by atoms with Crippen molar-refractivity contribution in [2.45, 2.75) is 75.6 Å². The molecule has 3 fully saturated rings.